The van der Waals surface area contributed by atoms with Crippen molar-refractivity contribution in [3.8, 4) is 5.75 Å². The first kappa shape index (κ1) is 28.1. The molecular formula is C29H42N2O7Si. The Morgan fingerprint density at radius 2 is 1.90 bits per heavy atom. The van der Waals surface area contributed by atoms with E-state index in [2.05, 4.69) is 38.8 Å². The van der Waals surface area contributed by atoms with Crippen LogP contribution < -0.4 is 4.74 Å². The number of aromatic nitrogens is 1. The number of methoxy groups -OCH3 is 3. The van der Waals surface area contributed by atoms with Crippen LogP contribution in [0, 0.1) is 11.8 Å². The summed E-state index contributed by atoms with van der Waals surface area (Å²) in [6.07, 6.45) is -0.0654. The smallest absolute Gasteiger partial charge is 0.341 e. The fourth-order valence-electron chi connectivity index (χ4n) is 6.83. The molecule has 3 aliphatic rings. The average Bonchev–Trinajstić information content (AvgIpc) is 3.26. The summed E-state index contributed by atoms with van der Waals surface area (Å²) in [5.41, 5.74) is 1.03. The molecule has 1 saturated carbocycles. The molecule has 9 nitrogen and oxygen atoms in total. The molecule has 0 spiro atoms. The van der Waals surface area contributed by atoms with Crippen molar-refractivity contribution in [3.63, 3.8) is 0 Å². The van der Waals surface area contributed by atoms with E-state index in [0.717, 1.165) is 28.8 Å². The number of amides is 1. The summed E-state index contributed by atoms with van der Waals surface area (Å²) >= 11 is 0. The second kappa shape index (κ2) is 9.61. The first-order chi connectivity index (χ1) is 18.3. The van der Waals surface area contributed by atoms with Crippen molar-refractivity contribution in [3.05, 3.63) is 29.5 Å². The summed E-state index contributed by atoms with van der Waals surface area (Å²) in [4.78, 5) is 33.0. The van der Waals surface area contributed by atoms with Gasteiger partial charge in [0, 0.05) is 48.2 Å². The van der Waals surface area contributed by atoms with Crippen LogP contribution in [0.15, 0.2) is 18.2 Å². The van der Waals surface area contributed by atoms with Crippen molar-refractivity contribution >= 4 is 31.1 Å². The van der Waals surface area contributed by atoms with E-state index in [1.54, 1.807) is 7.11 Å². The Labute approximate surface area is 231 Å². The number of aromatic amines is 1. The summed E-state index contributed by atoms with van der Waals surface area (Å²) in [7, 11) is 2.06. The second-order valence-electron chi connectivity index (χ2n) is 12.8. The van der Waals surface area contributed by atoms with Crippen molar-refractivity contribution in [1.29, 1.82) is 0 Å². The van der Waals surface area contributed by atoms with Gasteiger partial charge in [-0.15, -0.1) is 0 Å². The summed E-state index contributed by atoms with van der Waals surface area (Å²) in [5, 5.41) is 13.3. The van der Waals surface area contributed by atoms with Gasteiger partial charge in [-0.3, -0.25) is 4.79 Å². The van der Waals surface area contributed by atoms with Gasteiger partial charge in [0.15, 0.2) is 13.9 Å². The minimum atomic E-state index is -2.33. The van der Waals surface area contributed by atoms with E-state index in [1.165, 1.54) is 19.8 Å². The highest BCUT2D eigenvalue weighted by Crippen LogP contribution is 2.53. The standard InChI is InChI=1S/C29H42N2O7Si/c1-28(2,3)39(7,8)38-23-14-19-20(29(34,25(23)36-5)27(33)37-6)15-22-24-18(11-12-31(22)26(19)32)17-10-9-16(35-4)13-21(17)30-24/h9-10,13,19-20,22-23,25,30,34H,11-12,14-15H2,1-8H3/t19-,20-,22-,23+,25-,29-/m0/s1. The average molecular weight is 559 g/mol. The number of nitrogens with one attached hydrogen (secondary N) is 1. The van der Waals surface area contributed by atoms with Gasteiger partial charge in [-0.05, 0) is 55.1 Å². The molecule has 6 atom stereocenters. The molecule has 2 aliphatic heterocycles. The summed E-state index contributed by atoms with van der Waals surface area (Å²) in [6, 6.07) is 5.64. The minimum Gasteiger partial charge on any atom is -0.497 e. The molecule has 10 heteroatoms. The number of rotatable bonds is 5. The van der Waals surface area contributed by atoms with E-state index in [4.69, 9.17) is 18.6 Å². The van der Waals surface area contributed by atoms with Crippen LogP contribution in [-0.4, -0.2) is 80.9 Å². The number of esters is 1. The number of hydrogen-bond donors (Lipinski definition) is 2. The Bertz CT molecular complexity index is 1280. The van der Waals surface area contributed by atoms with E-state index in [9.17, 15) is 14.7 Å². The lowest BCUT2D eigenvalue weighted by atomic mass is 9.61. The Hall–Kier alpha value is -2.40. The first-order valence-corrected chi connectivity index (χ1v) is 16.7. The van der Waals surface area contributed by atoms with E-state index < -0.39 is 43.9 Å². The SMILES string of the molecule is COC(=O)[C@]1(O)[C@H]2C[C@H]3c4[nH]c5cc(OC)ccc5c4CCN3C(=O)[C@H]2C[C@@H](O[Si](C)(C)C(C)(C)C)[C@@H]1OC. The van der Waals surface area contributed by atoms with Crippen LogP contribution >= 0.6 is 0 Å². The van der Waals surface area contributed by atoms with Crippen molar-refractivity contribution < 1.29 is 33.3 Å². The summed E-state index contributed by atoms with van der Waals surface area (Å²) in [6.45, 7) is 11.2. The Morgan fingerprint density at radius 3 is 2.51 bits per heavy atom. The molecule has 214 valence electrons. The zero-order valence-electron chi connectivity index (χ0n) is 24.3. The lowest BCUT2D eigenvalue weighted by Crippen LogP contribution is -2.71. The third-order valence-corrected chi connectivity index (χ3v) is 14.4. The highest BCUT2D eigenvalue weighted by atomic mass is 28.4. The molecule has 2 fully saturated rings. The van der Waals surface area contributed by atoms with Crippen molar-refractivity contribution in [2.45, 2.75) is 82.0 Å². The van der Waals surface area contributed by atoms with E-state index in [1.807, 2.05) is 23.1 Å². The van der Waals surface area contributed by atoms with E-state index >= 15 is 0 Å². The number of nitrogens with zero attached hydrogens (tertiary/aromatic N) is 1. The van der Waals surface area contributed by atoms with Crippen LogP contribution in [0.4, 0.5) is 0 Å². The minimum absolute atomic E-state index is 0.0566. The number of carbonyl (C=O) groups excluding carboxylic acids is 2. The predicted molar refractivity (Wildman–Crippen MR) is 149 cm³/mol. The molecular weight excluding hydrogens is 516 g/mol. The Kier molecular flexibility index (Phi) is 6.93. The highest BCUT2D eigenvalue weighted by molar-refractivity contribution is 6.74. The van der Waals surface area contributed by atoms with Gasteiger partial charge in [0.2, 0.25) is 5.91 Å². The van der Waals surface area contributed by atoms with Gasteiger partial charge in [0.1, 0.15) is 11.9 Å². The topological polar surface area (TPSA) is 110 Å². The number of ether oxygens (including phenoxy) is 3. The van der Waals surface area contributed by atoms with Crippen molar-refractivity contribution in [2.75, 3.05) is 27.9 Å². The third-order valence-electron chi connectivity index (χ3n) is 9.86. The van der Waals surface area contributed by atoms with Gasteiger partial charge in [-0.2, -0.15) is 0 Å². The fourth-order valence-corrected chi connectivity index (χ4v) is 8.16. The number of piperidine rings is 1. The molecule has 0 radical (unpaired) electrons. The predicted octanol–water partition coefficient (Wildman–Crippen LogP) is 3.95. The van der Waals surface area contributed by atoms with Crippen LogP contribution in [0.5, 0.6) is 5.75 Å². The molecule has 0 unspecified atom stereocenters. The van der Waals surface area contributed by atoms with Gasteiger partial charge < -0.3 is 33.6 Å². The number of carbonyl (C=O) groups is 2. The molecule has 1 saturated heterocycles. The molecule has 1 aromatic heterocycles. The first-order valence-electron chi connectivity index (χ1n) is 13.8. The lowest BCUT2D eigenvalue weighted by molar-refractivity contribution is -0.231. The molecule has 3 heterocycles. The van der Waals surface area contributed by atoms with Gasteiger partial charge >= 0.3 is 5.97 Å². The fraction of sp³-hybridized carbons (Fsp3) is 0.655. The second-order valence-corrected chi connectivity index (χ2v) is 17.6. The number of fused-ring (bicyclic) bond motifs is 6. The molecule has 2 aromatic rings. The van der Waals surface area contributed by atoms with Crippen molar-refractivity contribution in [1.82, 2.24) is 9.88 Å². The quantitative estimate of drug-likeness (QED) is 0.422. The van der Waals surface area contributed by atoms with Gasteiger partial charge in [-0.1, -0.05) is 20.8 Å². The van der Waals surface area contributed by atoms with E-state index in [-0.39, 0.29) is 17.0 Å². The number of hydrogen-bond acceptors (Lipinski definition) is 7. The maximum atomic E-state index is 14.2. The number of aliphatic hydroxyl groups is 1. The molecule has 0 bridgehead atoms. The van der Waals surface area contributed by atoms with Crippen LogP contribution in [-0.2, 0) is 29.9 Å². The molecule has 1 amide bonds. The molecule has 2 N–H and O–H groups in total. The molecule has 39 heavy (non-hydrogen) atoms. The van der Waals surface area contributed by atoms with Gasteiger partial charge in [-0.25, -0.2) is 4.79 Å². The van der Waals surface area contributed by atoms with Crippen LogP contribution in [0.1, 0.15) is 50.9 Å². The molecule has 1 aliphatic carbocycles. The zero-order chi connectivity index (χ0) is 28.5. The van der Waals surface area contributed by atoms with Crippen molar-refractivity contribution in [2.24, 2.45) is 11.8 Å². The van der Waals surface area contributed by atoms with Gasteiger partial charge in [0.05, 0.1) is 26.4 Å². The third kappa shape index (κ3) is 4.22. The Balaban J connectivity index is 1.57. The van der Waals surface area contributed by atoms with Crippen LogP contribution in [0.25, 0.3) is 10.9 Å². The summed E-state index contributed by atoms with van der Waals surface area (Å²) in [5.74, 6) is -1.36. The highest BCUT2D eigenvalue weighted by Gasteiger charge is 2.66. The van der Waals surface area contributed by atoms with Crippen LogP contribution in [0.3, 0.4) is 0 Å². The maximum absolute atomic E-state index is 14.2. The number of H-pyrrole nitrogens is 1. The van der Waals surface area contributed by atoms with Crippen LogP contribution in [0.2, 0.25) is 18.1 Å². The zero-order valence-corrected chi connectivity index (χ0v) is 25.3. The number of benzene rings is 1. The monoisotopic (exact) mass is 558 g/mol. The largest absolute Gasteiger partial charge is 0.497 e. The Morgan fingerprint density at radius 1 is 1.18 bits per heavy atom. The molecule has 5 rings (SSSR count). The maximum Gasteiger partial charge on any atom is 0.341 e. The normalized spacial score (nSPS) is 30.9. The lowest BCUT2D eigenvalue weighted by Gasteiger charge is -2.56. The van der Waals surface area contributed by atoms with Gasteiger partial charge in [0.25, 0.3) is 0 Å². The molecule has 1 aromatic carbocycles. The summed E-state index contributed by atoms with van der Waals surface area (Å²) < 4.78 is 23.2. The van der Waals surface area contributed by atoms with E-state index in [0.29, 0.717) is 19.4 Å².